The van der Waals surface area contributed by atoms with E-state index in [1.54, 1.807) is 0 Å². The Labute approximate surface area is 57.6 Å². The fourth-order valence-electron chi connectivity index (χ4n) is 0.356. The molecule has 0 rings (SSSR count). The van der Waals surface area contributed by atoms with Crippen LogP contribution in [-0.2, 0) is 11.3 Å². The number of unbranched alkanes of at least 4 members (excludes halogenated alkanes) is 1. The third-order valence-electron chi connectivity index (χ3n) is 0.742. The van der Waals surface area contributed by atoms with Crippen molar-refractivity contribution in [2.24, 2.45) is 0 Å². The van der Waals surface area contributed by atoms with Crippen molar-refractivity contribution < 1.29 is 8.76 Å². The third kappa shape index (κ3) is 7.65. The Morgan fingerprint density at radius 2 is 2.44 bits per heavy atom. The number of hydrogen-bond donors (Lipinski definition) is 2. The van der Waals surface area contributed by atoms with E-state index in [0.717, 1.165) is 12.8 Å². The van der Waals surface area contributed by atoms with Crippen LogP contribution >= 0.6 is 0 Å². The second-order valence-corrected chi connectivity index (χ2v) is 2.29. The van der Waals surface area contributed by atoms with E-state index in [9.17, 15) is 4.21 Å². The van der Waals surface area contributed by atoms with E-state index >= 15 is 0 Å². The molecule has 2 N–H and O–H groups in total. The van der Waals surface area contributed by atoms with Crippen molar-refractivity contribution in [3.8, 4) is 0 Å². The molecule has 0 aromatic rings. The first-order valence-corrected chi connectivity index (χ1v) is 3.90. The highest BCUT2D eigenvalue weighted by atomic mass is 32.2. The lowest BCUT2D eigenvalue weighted by Gasteiger charge is -1.88. The quantitative estimate of drug-likeness (QED) is 0.586. The molecule has 1 atom stereocenters. The lowest BCUT2D eigenvalue weighted by molar-refractivity contribution is 0.558. The van der Waals surface area contributed by atoms with Crippen LogP contribution < -0.4 is 4.72 Å². The molecule has 1 unspecified atom stereocenters. The van der Waals surface area contributed by atoms with E-state index in [-0.39, 0.29) is 0 Å². The second-order valence-electron chi connectivity index (χ2n) is 1.56. The van der Waals surface area contributed by atoms with Crippen molar-refractivity contribution in [3.63, 3.8) is 0 Å². The molecule has 54 valence electrons. The first-order chi connectivity index (χ1) is 4.27. The molecule has 9 heavy (non-hydrogen) atoms. The van der Waals surface area contributed by atoms with E-state index in [4.69, 9.17) is 4.55 Å². The Balaban J connectivity index is 3.14. The minimum Gasteiger partial charge on any atom is -0.290 e. The predicted molar refractivity (Wildman–Crippen MR) is 38.0 cm³/mol. The van der Waals surface area contributed by atoms with Gasteiger partial charge < -0.3 is 0 Å². The monoisotopic (exact) mass is 149 g/mol. The molecule has 0 bridgehead atoms. The molecule has 0 fully saturated rings. The zero-order valence-electron chi connectivity index (χ0n) is 5.33. The lowest BCUT2D eigenvalue weighted by atomic mass is 10.3. The Kier molecular flexibility index (Phi) is 5.56. The maximum absolute atomic E-state index is 9.91. The topological polar surface area (TPSA) is 49.3 Å². The van der Waals surface area contributed by atoms with E-state index < -0.39 is 11.3 Å². The summed E-state index contributed by atoms with van der Waals surface area (Å²) in [6.45, 7) is 2.04. The van der Waals surface area contributed by atoms with Gasteiger partial charge in [-0.25, -0.2) is 4.21 Å². The Morgan fingerprint density at radius 1 is 1.78 bits per heavy atom. The Hall–Kier alpha value is -0.350. The van der Waals surface area contributed by atoms with Crippen molar-refractivity contribution in [1.29, 1.82) is 0 Å². The van der Waals surface area contributed by atoms with E-state index in [0.29, 0.717) is 0 Å². The van der Waals surface area contributed by atoms with E-state index in [1.807, 2.05) is 13.0 Å². The van der Waals surface area contributed by atoms with Gasteiger partial charge in [0.1, 0.15) is 0 Å². The summed E-state index contributed by atoms with van der Waals surface area (Å²) in [5.74, 6) is 0. The maximum Gasteiger partial charge on any atom is 0.258 e. The van der Waals surface area contributed by atoms with Crippen molar-refractivity contribution in [3.05, 3.63) is 12.3 Å². The van der Waals surface area contributed by atoms with E-state index in [2.05, 4.69) is 4.72 Å². The van der Waals surface area contributed by atoms with Crippen LogP contribution in [0.5, 0.6) is 0 Å². The molecule has 4 heteroatoms. The van der Waals surface area contributed by atoms with E-state index in [1.165, 1.54) is 6.20 Å². The van der Waals surface area contributed by atoms with Crippen LogP contribution in [0.15, 0.2) is 12.3 Å². The third-order valence-corrected chi connectivity index (χ3v) is 1.08. The number of hydrogen-bond acceptors (Lipinski definition) is 1. The minimum atomic E-state index is -1.91. The van der Waals surface area contributed by atoms with Crippen molar-refractivity contribution >= 4 is 11.3 Å². The molecule has 3 nitrogen and oxygen atoms in total. The van der Waals surface area contributed by atoms with Gasteiger partial charge in [-0.1, -0.05) is 19.4 Å². The molecule has 0 spiro atoms. The normalized spacial score (nSPS) is 14.0. The molecule has 0 amide bonds. The van der Waals surface area contributed by atoms with Crippen LogP contribution in [0.4, 0.5) is 0 Å². The zero-order chi connectivity index (χ0) is 7.11. The fourth-order valence-corrected chi connectivity index (χ4v) is 0.569. The Morgan fingerprint density at radius 3 is 2.89 bits per heavy atom. The molecule has 0 aromatic carbocycles. The standard InChI is InChI=1S/C5H11NO2S/c1-2-3-4-5-6-9(7)8/h4-6H,2-3H2,1H3,(H,7,8). The largest absolute Gasteiger partial charge is 0.290 e. The summed E-state index contributed by atoms with van der Waals surface area (Å²) in [6.07, 6.45) is 5.29. The van der Waals surface area contributed by atoms with Crippen LogP contribution in [0.1, 0.15) is 19.8 Å². The van der Waals surface area contributed by atoms with Crippen molar-refractivity contribution in [2.45, 2.75) is 19.8 Å². The fraction of sp³-hybridized carbons (Fsp3) is 0.600. The van der Waals surface area contributed by atoms with Gasteiger partial charge in [0.15, 0.2) is 0 Å². The zero-order valence-corrected chi connectivity index (χ0v) is 6.15. The predicted octanol–water partition coefficient (Wildman–Crippen LogP) is 1.03. The van der Waals surface area contributed by atoms with Gasteiger partial charge in [0, 0.05) is 6.20 Å². The van der Waals surface area contributed by atoms with Crippen molar-refractivity contribution in [1.82, 2.24) is 4.72 Å². The van der Waals surface area contributed by atoms with Crippen molar-refractivity contribution in [2.75, 3.05) is 0 Å². The second kappa shape index (κ2) is 5.78. The average molecular weight is 149 g/mol. The molecule has 0 aromatic heterocycles. The molecule has 0 saturated heterocycles. The number of allylic oxidation sites excluding steroid dienone is 1. The summed E-state index contributed by atoms with van der Waals surface area (Å²) in [7, 11) is 0. The van der Waals surface area contributed by atoms with Crippen LogP contribution in [0.3, 0.4) is 0 Å². The van der Waals surface area contributed by atoms with Crippen LogP contribution in [0.25, 0.3) is 0 Å². The molecule has 0 radical (unpaired) electrons. The summed E-state index contributed by atoms with van der Waals surface area (Å²) in [6, 6.07) is 0. The van der Waals surface area contributed by atoms with Crippen LogP contribution in [0.2, 0.25) is 0 Å². The molecular weight excluding hydrogens is 138 g/mol. The van der Waals surface area contributed by atoms with Gasteiger partial charge in [0.05, 0.1) is 0 Å². The van der Waals surface area contributed by atoms with Gasteiger partial charge in [-0.05, 0) is 6.42 Å². The molecular formula is C5H11NO2S. The van der Waals surface area contributed by atoms with Gasteiger partial charge >= 0.3 is 0 Å². The smallest absolute Gasteiger partial charge is 0.258 e. The van der Waals surface area contributed by atoms with Gasteiger partial charge in [0.25, 0.3) is 11.3 Å². The maximum atomic E-state index is 9.91. The highest BCUT2D eigenvalue weighted by Gasteiger charge is 1.79. The van der Waals surface area contributed by atoms with Gasteiger partial charge in [-0.15, -0.1) is 0 Å². The summed E-state index contributed by atoms with van der Waals surface area (Å²) < 4.78 is 20.3. The molecule has 0 saturated carbocycles. The number of rotatable bonds is 4. The summed E-state index contributed by atoms with van der Waals surface area (Å²) in [5, 5.41) is 0. The highest BCUT2D eigenvalue weighted by molar-refractivity contribution is 7.77. The first-order valence-electron chi connectivity index (χ1n) is 2.79. The highest BCUT2D eigenvalue weighted by Crippen LogP contribution is 1.85. The summed E-state index contributed by atoms with van der Waals surface area (Å²) >= 11 is -1.91. The summed E-state index contributed by atoms with van der Waals surface area (Å²) in [5.41, 5.74) is 0. The summed E-state index contributed by atoms with van der Waals surface area (Å²) in [4.78, 5) is 0. The molecule has 0 aliphatic carbocycles. The van der Waals surface area contributed by atoms with Gasteiger partial charge in [0.2, 0.25) is 0 Å². The SMILES string of the molecule is CCCC=CNS(=O)O. The molecule has 0 heterocycles. The van der Waals surface area contributed by atoms with Crippen LogP contribution in [0, 0.1) is 0 Å². The van der Waals surface area contributed by atoms with Gasteiger partial charge in [-0.2, -0.15) is 0 Å². The Bertz CT molecular complexity index is 114. The average Bonchev–Trinajstić information content (AvgIpc) is 1.80. The molecule has 0 aliphatic heterocycles. The number of nitrogens with one attached hydrogen (secondary N) is 1. The molecule has 0 aliphatic rings. The van der Waals surface area contributed by atoms with Gasteiger partial charge in [-0.3, -0.25) is 9.27 Å². The first kappa shape index (κ1) is 8.65. The van der Waals surface area contributed by atoms with Crippen LogP contribution in [-0.4, -0.2) is 8.76 Å². The minimum absolute atomic E-state index is 0.935. The lowest BCUT2D eigenvalue weighted by Crippen LogP contribution is -2.06.